The molecule has 4 aromatic carbocycles. The van der Waals surface area contributed by atoms with Crippen molar-refractivity contribution in [3.05, 3.63) is 129 Å². The average molecular weight is 641 g/mol. The largest absolute Gasteiger partial charge is 0.657 e. The lowest BCUT2D eigenvalue weighted by Crippen LogP contribution is -1.96. The second-order valence-electron chi connectivity index (χ2n) is 14.0. The molecule has 48 heavy (non-hydrogen) atoms. The van der Waals surface area contributed by atoms with Crippen molar-refractivity contribution in [2.45, 2.75) is 105 Å². The number of para-hydroxylation sites is 4. The quantitative estimate of drug-likeness (QED) is 0.0814. The summed E-state index contributed by atoms with van der Waals surface area (Å²) in [6.07, 6.45) is 8.44. The van der Waals surface area contributed by atoms with Crippen LogP contribution in [-0.4, -0.2) is 25.5 Å². The van der Waals surface area contributed by atoms with Crippen LogP contribution in [0, 0.1) is 0 Å². The van der Waals surface area contributed by atoms with E-state index in [-0.39, 0.29) is 0 Å². The third-order valence-electron chi connectivity index (χ3n) is 8.81. The van der Waals surface area contributed by atoms with Crippen molar-refractivity contribution < 1.29 is 0 Å². The molecule has 0 saturated carbocycles. The fourth-order valence-corrected chi connectivity index (χ4v) is 6.01. The Bertz CT molecular complexity index is 1470. The van der Waals surface area contributed by atoms with Crippen molar-refractivity contribution in [3.8, 4) is 0 Å². The zero-order valence-electron chi connectivity index (χ0n) is 30.6. The maximum atomic E-state index is 5.20. The molecule has 0 radical (unpaired) electrons. The van der Waals surface area contributed by atoms with Gasteiger partial charge in [0.25, 0.3) is 0 Å². The molecule has 0 aliphatic carbocycles. The number of benzene rings is 4. The molecule has 0 fully saturated rings. The van der Waals surface area contributed by atoms with Gasteiger partial charge in [0, 0.05) is 25.5 Å². The molecule has 4 heteroatoms. The Kier molecular flexibility index (Phi) is 14.0. The zero-order chi connectivity index (χ0) is 34.5. The fourth-order valence-electron chi connectivity index (χ4n) is 6.01. The molecule has 4 rings (SSSR count). The lowest BCUT2D eigenvalue weighted by molar-refractivity contribution is 0.655. The van der Waals surface area contributed by atoms with Crippen molar-refractivity contribution in [1.29, 1.82) is 0 Å². The summed E-state index contributed by atoms with van der Waals surface area (Å²) in [5.74, 6) is 1.65. The van der Waals surface area contributed by atoms with Crippen LogP contribution in [0.25, 0.3) is 10.6 Å². The number of nitrogens with zero attached hydrogens (tertiary/aromatic N) is 4. The maximum absolute atomic E-state index is 5.20. The Morgan fingerprint density at radius 2 is 0.771 bits per heavy atom. The molecule has 0 atom stereocenters. The summed E-state index contributed by atoms with van der Waals surface area (Å²) < 4.78 is 0. The van der Waals surface area contributed by atoms with Crippen LogP contribution in [0.4, 0.5) is 22.7 Å². The summed E-state index contributed by atoms with van der Waals surface area (Å²) in [6.45, 7) is 19.6. The van der Waals surface area contributed by atoms with E-state index in [2.05, 4.69) is 140 Å². The molecule has 254 valence electrons. The molecule has 0 amide bonds. The van der Waals surface area contributed by atoms with E-state index in [1.54, 1.807) is 0 Å². The number of aliphatic imine (C=N–C) groups is 2. The van der Waals surface area contributed by atoms with Gasteiger partial charge in [-0.05, 0) is 47.6 Å². The van der Waals surface area contributed by atoms with Gasteiger partial charge in [-0.2, -0.15) is 0 Å². The van der Waals surface area contributed by atoms with E-state index < -0.39 is 0 Å². The Labute approximate surface area is 291 Å². The van der Waals surface area contributed by atoms with Gasteiger partial charge in [0.1, 0.15) is 0 Å². The predicted molar refractivity (Wildman–Crippen MR) is 211 cm³/mol. The first-order chi connectivity index (χ1) is 23.2. The van der Waals surface area contributed by atoms with Crippen LogP contribution in [-0.2, 0) is 0 Å². The van der Waals surface area contributed by atoms with Crippen LogP contribution in [0.1, 0.15) is 138 Å². The van der Waals surface area contributed by atoms with Crippen molar-refractivity contribution in [2.75, 3.05) is 13.1 Å². The number of hydrogen-bond acceptors (Lipinski definition) is 2. The summed E-state index contributed by atoms with van der Waals surface area (Å²) in [4.78, 5) is 9.57. The van der Waals surface area contributed by atoms with Crippen LogP contribution >= 0.6 is 0 Å². The minimum absolute atomic E-state index is 0.413. The summed E-state index contributed by atoms with van der Waals surface area (Å²) >= 11 is 0. The first kappa shape index (κ1) is 36.7. The lowest BCUT2D eigenvalue weighted by atomic mass is 9.92. The van der Waals surface area contributed by atoms with Gasteiger partial charge in [-0.1, -0.05) is 175 Å². The summed E-state index contributed by atoms with van der Waals surface area (Å²) in [6, 6.07) is 29.9. The van der Waals surface area contributed by atoms with Gasteiger partial charge in [-0.25, -0.2) is 0 Å². The summed E-state index contributed by atoms with van der Waals surface area (Å²) in [5, 5.41) is 10.4. The Balaban J connectivity index is 1.27. The van der Waals surface area contributed by atoms with Crippen molar-refractivity contribution in [3.63, 3.8) is 0 Å². The van der Waals surface area contributed by atoms with Gasteiger partial charge >= 0.3 is 0 Å². The Hall–Kier alpha value is -4.18. The number of unbranched alkanes of at least 4 members (excludes halogenated alkanes) is 3. The molecule has 0 heterocycles. The molecule has 0 aliphatic heterocycles. The topological polar surface area (TPSA) is 52.9 Å². The normalized spacial score (nSPS) is 12.0. The van der Waals surface area contributed by atoms with E-state index in [0.717, 1.165) is 72.6 Å². The molecule has 4 nitrogen and oxygen atoms in total. The van der Waals surface area contributed by atoms with Crippen molar-refractivity contribution >= 4 is 35.2 Å². The van der Waals surface area contributed by atoms with Gasteiger partial charge in [-0.15, -0.1) is 22.7 Å². The predicted octanol–water partition coefficient (Wildman–Crippen LogP) is 14.0. The van der Waals surface area contributed by atoms with E-state index in [9.17, 15) is 0 Å². The maximum Gasteiger partial charge on any atom is 0.0389 e. The highest BCUT2D eigenvalue weighted by atomic mass is 14.9. The van der Waals surface area contributed by atoms with Crippen LogP contribution in [0.2, 0.25) is 0 Å². The third kappa shape index (κ3) is 10.2. The van der Waals surface area contributed by atoms with Crippen molar-refractivity contribution in [1.82, 2.24) is 0 Å². The monoisotopic (exact) mass is 640 g/mol. The standard InChI is InChI=1S/C44H56N4/c1-31(2)37-21-17-22-38(32(3)4)43(37)47-41-25-13-11-19-35(41)29-45-27-15-9-10-16-28-46-30-36-20-12-14-26-42(36)48-44-39(33(5)6)23-18-24-40(44)34(7)8/h11-14,17-26,29-34H,9-10,15-16,27-28H2,1-8H3/q-2. The zero-order valence-corrected chi connectivity index (χ0v) is 30.6. The molecule has 0 unspecified atom stereocenters. The second kappa shape index (κ2) is 18.4. The van der Waals surface area contributed by atoms with Crippen LogP contribution in [0.3, 0.4) is 0 Å². The molecule has 0 N–H and O–H groups in total. The molecule has 0 aliphatic rings. The molecule has 0 spiro atoms. The molecular weight excluding hydrogens is 585 g/mol. The minimum atomic E-state index is 0.413. The number of hydrogen-bond donors (Lipinski definition) is 0. The fraction of sp³-hybridized carbons (Fsp3) is 0.409. The molecule has 0 aromatic heterocycles. The first-order valence-electron chi connectivity index (χ1n) is 18.0. The molecular formula is C44H56N4-2. The van der Waals surface area contributed by atoms with E-state index in [0.29, 0.717) is 23.7 Å². The Morgan fingerprint density at radius 1 is 0.438 bits per heavy atom. The molecule has 4 aromatic rings. The van der Waals surface area contributed by atoms with Gasteiger partial charge in [0.2, 0.25) is 0 Å². The first-order valence-corrected chi connectivity index (χ1v) is 18.0. The molecule has 0 bridgehead atoms. The SMILES string of the molecule is CC(C)c1cccc(C(C)C)c1[N-]c1ccccc1C=NCCCCCCN=Cc1ccccc1[N-]c1c(C(C)C)cccc1C(C)C. The van der Waals surface area contributed by atoms with Crippen LogP contribution in [0.15, 0.2) is 94.9 Å². The highest BCUT2D eigenvalue weighted by Crippen LogP contribution is 2.44. The van der Waals surface area contributed by atoms with E-state index in [1.165, 1.54) is 22.3 Å². The highest BCUT2D eigenvalue weighted by molar-refractivity contribution is 5.92. The lowest BCUT2D eigenvalue weighted by Gasteiger charge is -2.33. The summed E-state index contributed by atoms with van der Waals surface area (Å²) in [5.41, 5.74) is 11.5. The highest BCUT2D eigenvalue weighted by Gasteiger charge is 2.09. The van der Waals surface area contributed by atoms with E-state index in [1.807, 2.05) is 12.4 Å². The van der Waals surface area contributed by atoms with Crippen LogP contribution in [0.5, 0.6) is 0 Å². The number of rotatable bonds is 17. The third-order valence-corrected chi connectivity index (χ3v) is 8.81. The van der Waals surface area contributed by atoms with Gasteiger partial charge in [0.05, 0.1) is 0 Å². The van der Waals surface area contributed by atoms with Crippen LogP contribution < -0.4 is 0 Å². The van der Waals surface area contributed by atoms with Crippen molar-refractivity contribution in [2.24, 2.45) is 9.98 Å². The van der Waals surface area contributed by atoms with E-state index in [4.69, 9.17) is 20.6 Å². The molecule has 0 saturated heterocycles. The minimum Gasteiger partial charge on any atom is -0.657 e. The van der Waals surface area contributed by atoms with Gasteiger partial charge in [-0.3, -0.25) is 9.98 Å². The van der Waals surface area contributed by atoms with Gasteiger partial charge in [0.15, 0.2) is 0 Å². The second-order valence-corrected chi connectivity index (χ2v) is 14.0. The smallest absolute Gasteiger partial charge is 0.0389 e. The Morgan fingerprint density at radius 3 is 1.10 bits per heavy atom. The summed E-state index contributed by atoms with van der Waals surface area (Å²) in [7, 11) is 0. The van der Waals surface area contributed by atoms with E-state index >= 15 is 0 Å². The van der Waals surface area contributed by atoms with Gasteiger partial charge < -0.3 is 10.6 Å². The average Bonchev–Trinajstić information content (AvgIpc) is 3.06.